The third kappa shape index (κ3) is 3.11. The number of hydrogen-bond donors (Lipinski definition) is 1. The summed E-state index contributed by atoms with van der Waals surface area (Å²) < 4.78 is 27.2. The molecule has 0 bridgehead atoms. The molecule has 0 amide bonds. The van der Waals surface area contributed by atoms with Gasteiger partial charge in [0.2, 0.25) is 10.0 Å². The van der Waals surface area contributed by atoms with Gasteiger partial charge in [-0.3, -0.25) is 0 Å². The largest absolute Gasteiger partial charge is 0.244 e. The van der Waals surface area contributed by atoms with Crippen molar-refractivity contribution in [3.8, 4) is 6.07 Å². The summed E-state index contributed by atoms with van der Waals surface area (Å²) >= 11 is 0. The molecule has 1 saturated carbocycles. The number of pyridine rings is 1. The summed E-state index contributed by atoms with van der Waals surface area (Å²) in [6.07, 6.45) is 5.85. The number of nitriles is 1. The molecule has 0 saturated heterocycles. The van der Waals surface area contributed by atoms with Gasteiger partial charge in [-0.25, -0.2) is 18.1 Å². The molecule has 1 aromatic rings. The maximum Gasteiger partial charge on any atom is 0.243 e. The topological polar surface area (TPSA) is 82.8 Å². The number of aromatic nitrogens is 1. The predicted molar refractivity (Wildman–Crippen MR) is 70.7 cm³/mol. The van der Waals surface area contributed by atoms with Gasteiger partial charge in [0.15, 0.2) is 5.69 Å². The van der Waals surface area contributed by atoms with Gasteiger partial charge in [-0.05, 0) is 37.8 Å². The van der Waals surface area contributed by atoms with Gasteiger partial charge in [-0.15, -0.1) is 0 Å². The van der Waals surface area contributed by atoms with Crippen LogP contribution in [0.2, 0.25) is 0 Å². The molecule has 1 atom stereocenters. The Morgan fingerprint density at radius 2 is 2.16 bits per heavy atom. The zero-order valence-electron chi connectivity index (χ0n) is 10.8. The summed E-state index contributed by atoms with van der Waals surface area (Å²) in [5.41, 5.74) is -0.0615. The molecule has 5 nitrogen and oxygen atoms in total. The van der Waals surface area contributed by atoms with E-state index in [0.29, 0.717) is 5.92 Å². The molecule has 0 spiro atoms. The fourth-order valence-electron chi connectivity index (χ4n) is 2.55. The minimum Gasteiger partial charge on any atom is -0.244 e. The maximum absolute atomic E-state index is 12.3. The van der Waals surface area contributed by atoms with E-state index < -0.39 is 10.0 Å². The highest BCUT2D eigenvalue weighted by molar-refractivity contribution is 7.89. The van der Waals surface area contributed by atoms with Gasteiger partial charge in [0, 0.05) is 12.2 Å². The molecule has 1 aliphatic carbocycles. The lowest BCUT2D eigenvalue weighted by molar-refractivity contribution is 0.424. The smallest absolute Gasteiger partial charge is 0.243 e. The van der Waals surface area contributed by atoms with Crippen LogP contribution in [0.25, 0.3) is 0 Å². The van der Waals surface area contributed by atoms with Crippen molar-refractivity contribution in [2.45, 2.75) is 43.5 Å². The summed E-state index contributed by atoms with van der Waals surface area (Å²) in [5.74, 6) is 0.386. The average Bonchev–Trinajstić information content (AvgIpc) is 2.92. The van der Waals surface area contributed by atoms with Gasteiger partial charge in [-0.1, -0.05) is 12.8 Å². The molecule has 19 heavy (non-hydrogen) atoms. The van der Waals surface area contributed by atoms with E-state index in [2.05, 4.69) is 9.71 Å². The van der Waals surface area contributed by atoms with Crippen LogP contribution in [0.5, 0.6) is 0 Å². The van der Waals surface area contributed by atoms with Gasteiger partial charge in [0.05, 0.1) is 0 Å². The van der Waals surface area contributed by atoms with E-state index >= 15 is 0 Å². The van der Waals surface area contributed by atoms with Crippen molar-refractivity contribution in [1.29, 1.82) is 5.26 Å². The Balaban J connectivity index is 2.20. The quantitative estimate of drug-likeness (QED) is 0.911. The van der Waals surface area contributed by atoms with Gasteiger partial charge in [0.25, 0.3) is 0 Å². The zero-order chi connectivity index (χ0) is 13.9. The third-order valence-corrected chi connectivity index (χ3v) is 5.20. The Morgan fingerprint density at radius 3 is 2.79 bits per heavy atom. The second-order valence-corrected chi connectivity index (χ2v) is 6.60. The van der Waals surface area contributed by atoms with Crippen LogP contribution in [0.1, 0.15) is 38.3 Å². The number of rotatable bonds is 4. The molecule has 1 aliphatic rings. The van der Waals surface area contributed by atoms with Crippen LogP contribution >= 0.6 is 0 Å². The molecule has 2 rings (SSSR count). The van der Waals surface area contributed by atoms with Gasteiger partial charge < -0.3 is 0 Å². The summed E-state index contributed by atoms with van der Waals surface area (Å²) in [4.78, 5) is 3.75. The molecule has 6 heteroatoms. The molecule has 0 radical (unpaired) electrons. The van der Waals surface area contributed by atoms with Crippen molar-refractivity contribution in [2.75, 3.05) is 0 Å². The van der Waals surface area contributed by atoms with E-state index in [1.165, 1.54) is 18.3 Å². The highest BCUT2D eigenvalue weighted by atomic mass is 32.2. The van der Waals surface area contributed by atoms with Gasteiger partial charge >= 0.3 is 0 Å². The van der Waals surface area contributed by atoms with Crippen molar-refractivity contribution >= 4 is 10.0 Å². The Hall–Kier alpha value is -1.45. The van der Waals surface area contributed by atoms with Crippen LogP contribution in [-0.4, -0.2) is 19.4 Å². The first-order valence-electron chi connectivity index (χ1n) is 6.42. The summed E-state index contributed by atoms with van der Waals surface area (Å²) in [6.45, 7) is 1.88. The fourth-order valence-corrected chi connectivity index (χ4v) is 3.97. The van der Waals surface area contributed by atoms with Crippen molar-refractivity contribution in [3.05, 3.63) is 24.0 Å². The second kappa shape index (κ2) is 5.68. The van der Waals surface area contributed by atoms with Crippen molar-refractivity contribution in [2.24, 2.45) is 5.92 Å². The second-order valence-electron chi connectivity index (χ2n) is 4.92. The van der Waals surface area contributed by atoms with E-state index in [-0.39, 0.29) is 16.6 Å². The van der Waals surface area contributed by atoms with Crippen LogP contribution in [-0.2, 0) is 10.0 Å². The van der Waals surface area contributed by atoms with Crippen LogP contribution in [0, 0.1) is 17.2 Å². The third-order valence-electron chi connectivity index (χ3n) is 3.61. The van der Waals surface area contributed by atoms with Gasteiger partial charge in [-0.2, -0.15) is 5.26 Å². The molecule has 1 heterocycles. The first-order chi connectivity index (χ1) is 9.04. The van der Waals surface area contributed by atoms with Crippen LogP contribution in [0.15, 0.2) is 23.2 Å². The first-order valence-corrected chi connectivity index (χ1v) is 7.90. The lowest BCUT2D eigenvalue weighted by Gasteiger charge is -2.20. The number of hydrogen-bond acceptors (Lipinski definition) is 4. The van der Waals surface area contributed by atoms with E-state index in [4.69, 9.17) is 5.26 Å². The average molecular weight is 279 g/mol. The summed E-state index contributed by atoms with van der Waals surface area (Å²) in [6, 6.07) is 4.64. The molecular formula is C13H17N3O2S. The number of nitrogens with zero attached hydrogens (tertiary/aromatic N) is 2. The minimum absolute atomic E-state index is 0.0395. The monoisotopic (exact) mass is 279 g/mol. The van der Waals surface area contributed by atoms with E-state index in [1.54, 1.807) is 0 Å². The van der Waals surface area contributed by atoms with E-state index in [0.717, 1.165) is 25.7 Å². The Kier molecular flexibility index (Phi) is 4.17. The fraction of sp³-hybridized carbons (Fsp3) is 0.538. The first kappa shape index (κ1) is 14.0. The number of sulfonamides is 1. The maximum atomic E-state index is 12.3. The van der Waals surface area contributed by atoms with Crippen LogP contribution in [0.4, 0.5) is 0 Å². The van der Waals surface area contributed by atoms with Crippen molar-refractivity contribution in [1.82, 2.24) is 9.71 Å². The van der Waals surface area contributed by atoms with Crippen LogP contribution < -0.4 is 4.72 Å². The lowest BCUT2D eigenvalue weighted by atomic mass is 10.0. The normalized spacial score (nSPS) is 18.1. The molecule has 102 valence electrons. The molecule has 0 aromatic carbocycles. The van der Waals surface area contributed by atoms with Crippen LogP contribution in [0.3, 0.4) is 0 Å². The molecule has 1 N–H and O–H groups in total. The Bertz CT molecular complexity index is 586. The highest BCUT2D eigenvalue weighted by Crippen LogP contribution is 2.28. The molecule has 1 fully saturated rings. The van der Waals surface area contributed by atoms with E-state index in [1.807, 2.05) is 13.0 Å². The zero-order valence-corrected chi connectivity index (χ0v) is 11.7. The molecule has 0 aliphatic heterocycles. The molecule has 1 unspecified atom stereocenters. The Morgan fingerprint density at radius 1 is 1.47 bits per heavy atom. The lowest BCUT2D eigenvalue weighted by Crippen LogP contribution is -2.37. The number of nitrogens with one attached hydrogen (secondary N) is 1. The van der Waals surface area contributed by atoms with E-state index in [9.17, 15) is 8.42 Å². The molecule has 1 aromatic heterocycles. The highest BCUT2D eigenvalue weighted by Gasteiger charge is 2.27. The summed E-state index contributed by atoms with van der Waals surface area (Å²) in [5, 5.41) is 8.92. The Labute approximate surface area is 113 Å². The predicted octanol–water partition coefficient (Wildman–Crippen LogP) is 1.81. The van der Waals surface area contributed by atoms with Crippen molar-refractivity contribution < 1.29 is 8.42 Å². The van der Waals surface area contributed by atoms with Gasteiger partial charge in [0.1, 0.15) is 11.0 Å². The standard InChI is InChI=1S/C13H17N3O2S/c1-10(11-5-2-3-6-11)16-19(17,18)13-7-4-8-15-12(13)9-14/h4,7-8,10-11,16H,2-3,5-6H2,1H3. The SMILES string of the molecule is CC(NS(=O)(=O)c1cccnc1C#N)C1CCCC1. The minimum atomic E-state index is -3.67. The summed E-state index contributed by atoms with van der Waals surface area (Å²) in [7, 11) is -3.67. The molecular weight excluding hydrogens is 262 g/mol. The van der Waals surface area contributed by atoms with Crippen molar-refractivity contribution in [3.63, 3.8) is 0 Å².